The molecule has 0 spiro atoms. The third-order valence-electron chi connectivity index (χ3n) is 5.32. The minimum absolute atomic E-state index is 0.0913. The number of phenolic OH excluding ortho intramolecular Hbond substituents is 1. The van der Waals surface area contributed by atoms with Gasteiger partial charge in [0, 0.05) is 23.5 Å². The lowest BCUT2D eigenvalue weighted by Gasteiger charge is -2.34. The highest BCUT2D eigenvalue weighted by Crippen LogP contribution is 2.31. The van der Waals surface area contributed by atoms with E-state index in [1.165, 1.54) is 12.1 Å². The Hall–Kier alpha value is -3.24. The first-order chi connectivity index (χ1) is 16.9. The average Bonchev–Trinajstić information content (AvgIpc) is 2.79. The third-order valence-corrected chi connectivity index (χ3v) is 5.68. The molecule has 0 heterocycles. The predicted molar refractivity (Wildman–Crippen MR) is 141 cm³/mol. The zero-order chi connectivity index (χ0) is 27.0. The molecule has 0 aliphatic carbocycles. The Morgan fingerprint density at radius 1 is 1.06 bits per heavy atom. The number of aromatic hydroxyl groups is 1. The first kappa shape index (κ1) is 29.0. The van der Waals surface area contributed by atoms with Crippen LogP contribution in [0.3, 0.4) is 0 Å². The van der Waals surface area contributed by atoms with Crippen LogP contribution in [0.2, 0.25) is 0 Å². The van der Waals surface area contributed by atoms with Crippen LogP contribution in [0.15, 0.2) is 42.5 Å². The summed E-state index contributed by atoms with van der Waals surface area (Å²) in [5, 5.41) is 25.7. The molecular formula is C26H35N3O6S. The quantitative estimate of drug-likeness (QED) is 0.325. The molecule has 0 aliphatic rings. The zero-order valence-electron chi connectivity index (χ0n) is 21.2. The van der Waals surface area contributed by atoms with Crippen molar-refractivity contribution < 1.29 is 29.3 Å². The molecule has 0 aromatic heterocycles. The number of ether oxygens (including phenoxy) is 1. The van der Waals surface area contributed by atoms with Gasteiger partial charge < -0.3 is 30.5 Å². The molecule has 0 bridgehead atoms. The van der Waals surface area contributed by atoms with Crippen molar-refractivity contribution in [3.05, 3.63) is 59.2 Å². The van der Waals surface area contributed by atoms with Gasteiger partial charge in [0.25, 0.3) is 5.91 Å². The zero-order valence-corrected chi connectivity index (χ0v) is 22.1. The first-order valence-corrected chi connectivity index (χ1v) is 12.2. The second-order valence-corrected chi connectivity index (χ2v) is 9.72. The number of nitrogens with zero attached hydrogens (tertiary/aromatic N) is 1. The summed E-state index contributed by atoms with van der Waals surface area (Å²) in [7, 11) is 0. The van der Waals surface area contributed by atoms with Gasteiger partial charge in [-0.05, 0) is 51.8 Å². The summed E-state index contributed by atoms with van der Waals surface area (Å²) in [4.78, 5) is 40.8. The first-order valence-electron chi connectivity index (χ1n) is 11.6. The van der Waals surface area contributed by atoms with E-state index in [0.717, 1.165) is 16.0 Å². The van der Waals surface area contributed by atoms with Crippen molar-refractivity contribution in [3.63, 3.8) is 0 Å². The summed E-state index contributed by atoms with van der Waals surface area (Å²) in [6, 6.07) is 9.24. The van der Waals surface area contributed by atoms with Gasteiger partial charge >= 0.3 is 6.09 Å². The fourth-order valence-corrected chi connectivity index (χ4v) is 3.93. The predicted octanol–water partition coefficient (Wildman–Crippen LogP) is 3.33. The van der Waals surface area contributed by atoms with Gasteiger partial charge in [0.15, 0.2) is 0 Å². The van der Waals surface area contributed by atoms with Gasteiger partial charge in [0.05, 0.1) is 6.61 Å². The van der Waals surface area contributed by atoms with E-state index in [1.807, 2.05) is 32.0 Å². The van der Waals surface area contributed by atoms with Crippen molar-refractivity contribution >= 4 is 36.2 Å². The molecule has 2 rings (SSSR count). The van der Waals surface area contributed by atoms with Crippen LogP contribution in [0.1, 0.15) is 43.5 Å². The Morgan fingerprint density at radius 2 is 1.67 bits per heavy atom. The Balaban J connectivity index is 2.49. The van der Waals surface area contributed by atoms with E-state index >= 15 is 0 Å². The van der Waals surface area contributed by atoms with Crippen molar-refractivity contribution in [3.8, 4) is 5.75 Å². The van der Waals surface area contributed by atoms with Crippen molar-refractivity contribution in [2.45, 2.75) is 52.3 Å². The van der Waals surface area contributed by atoms with Gasteiger partial charge in [-0.2, -0.15) is 12.6 Å². The number of anilines is 1. The van der Waals surface area contributed by atoms with Crippen molar-refractivity contribution in [1.29, 1.82) is 0 Å². The molecule has 196 valence electrons. The van der Waals surface area contributed by atoms with E-state index in [2.05, 4.69) is 23.3 Å². The van der Waals surface area contributed by atoms with Gasteiger partial charge in [-0.25, -0.2) is 4.79 Å². The SMILES string of the molecule is Cc1cccc(C)c1NC(=O)C(c1ccccc1O)N(CCO)C(=O)C(CS)NC(=O)OC(C)(C)C. The smallest absolute Gasteiger partial charge is 0.408 e. The van der Waals surface area contributed by atoms with Gasteiger partial charge in [-0.15, -0.1) is 0 Å². The van der Waals surface area contributed by atoms with Crippen molar-refractivity contribution in [1.82, 2.24) is 10.2 Å². The molecule has 10 heteroatoms. The third kappa shape index (κ3) is 7.63. The molecule has 36 heavy (non-hydrogen) atoms. The van der Waals surface area contributed by atoms with E-state index in [9.17, 15) is 24.6 Å². The summed E-state index contributed by atoms with van der Waals surface area (Å²) in [6.45, 7) is 8.05. The number of carbonyl (C=O) groups is 3. The van der Waals surface area contributed by atoms with Crippen LogP contribution in [0.25, 0.3) is 0 Å². The maximum absolute atomic E-state index is 13.7. The van der Waals surface area contributed by atoms with E-state index in [1.54, 1.807) is 32.9 Å². The van der Waals surface area contributed by atoms with Gasteiger partial charge in [-0.1, -0.05) is 36.4 Å². The lowest BCUT2D eigenvalue weighted by Crippen LogP contribution is -2.53. The number of carbonyl (C=O) groups excluding carboxylic acids is 3. The highest BCUT2D eigenvalue weighted by Gasteiger charge is 2.37. The van der Waals surface area contributed by atoms with Crippen LogP contribution in [0.5, 0.6) is 5.75 Å². The van der Waals surface area contributed by atoms with Crippen LogP contribution in [-0.2, 0) is 14.3 Å². The summed E-state index contributed by atoms with van der Waals surface area (Å²) in [5.74, 6) is -1.55. The van der Waals surface area contributed by atoms with E-state index < -0.39 is 42.2 Å². The fraction of sp³-hybridized carbons (Fsp3) is 0.423. The maximum atomic E-state index is 13.7. The number of hydrogen-bond donors (Lipinski definition) is 5. The number of benzene rings is 2. The molecule has 0 aliphatic heterocycles. The number of alkyl carbamates (subject to hydrolysis) is 1. The molecule has 2 aromatic rings. The van der Waals surface area contributed by atoms with Gasteiger partial charge in [-0.3, -0.25) is 9.59 Å². The molecular weight excluding hydrogens is 482 g/mol. The van der Waals surface area contributed by atoms with E-state index in [4.69, 9.17) is 4.74 Å². The molecule has 2 atom stereocenters. The summed E-state index contributed by atoms with van der Waals surface area (Å²) in [6.07, 6.45) is -0.821. The fourth-order valence-electron chi connectivity index (χ4n) is 3.68. The van der Waals surface area contributed by atoms with Crippen LogP contribution < -0.4 is 10.6 Å². The lowest BCUT2D eigenvalue weighted by molar-refractivity contribution is -0.140. The van der Waals surface area contributed by atoms with E-state index in [0.29, 0.717) is 5.69 Å². The molecule has 3 amide bonds. The number of rotatable bonds is 9. The van der Waals surface area contributed by atoms with Crippen molar-refractivity contribution in [2.24, 2.45) is 0 Å². The van der Waals surface area contributed by atoms with Crippen LogP contribution >= 0.6 is 12.6 Å². The highest BCUT2D eigenvalue weighted by molar-refractivity contribution is 7.80. The standard InChI is InChI=1S/C26H35N3O6S/c1-16-9-8-10-17(2)21(16)28-23(32)22(18-11-6-7-12-20(18)31)29(13-14-30)24(33)19(15-36)27-25(34)35-26(3,4)5/h6-12,19,22,30-31,36H,13-15H2,1-5H3,(H,27,34)(H,28,32). The number of hydrogen-bond acceptors (Lipinski definition) is 7. The second-order valence-electron chi connectivity index (χ2n) is 9.35. The van der Waals surface area contributed by atoms with E-state index in [-0.39, 0.29) is 23.6 Å². The Morgan fingerprint density at radius 3 is 2.19 bits per heavy atom. The molecule has 0 radical (unpaired) electrons. The van der Waals surface area contributed by atoms with Gasteiger partial charge in [0.2, 0.25) is 5.91 Å². The highest BCUT2D eigenvalue weighted by atomic mass is 32.1. The molecule has 0 fully saturated rings. The Kier molecular flexibility index (Phi) is 10.2. The minimum Gasteiger partial charge on any atom is -0.508 e. The number of nitrogens with one attached hydrogen (secondary N) is 2. The van der Waals surface area contributed by atoms with Crippen molar-refractivity contribution in [2.75, 3.05) is 24.2 Å². The number of para-hydroxylation sites is 2. The molecule has 0 saturated heterocycles. The van der Waals surface area contributed by atoms with Gasteiger partial charge in [0.1, 0.15) is 23.4 Å². The molecule has 2 aromatic carbocycles. The topological polar surface area (TPSA) is 128 Å². The summed E-state index contributed by atoms with van der Waals surface area (Å²) >= 11 is 4.21. The monoisotopic (exact) mass is 517 g/mol. The Labute approximate surface area is 217 Å². The maximum Gasteiger partial charge on any atom is 0.408 e. The average molecular weight is 518 g/mol. The number of amides is 3. The summed E-state index contributed by atoms with van der Waals surface area (Å²) < 4.78 is 5.25. The lowest BCUT2D eigenvalue weighted by atomic mass is 10.0. The van der Waals surface area contributed by atoms with Crippen LogP contribution in [0, 0.1) is 13.8 Å². The number of phenols is 1. The largest absolute Gasteiger partial charge is 0.508 e. The number of aliphatic hydroxyl groups excluding tert-OH is 1. The second kappa shape index (κ2) is 12.6. The number of aryl methyl sites for hydroxylation is 2. The molecule has 9 nitrogen and oxygen atoms in total. The summed E-state index contributed by atoms with van der Waals surface area (Å²) in [5.41, 5.74) is 1.59. The molecule has 4 N–H and O–H groups in total. The Bertz CT molecular complexity index is 1070. The number of aliphatic hydroxyl groups is 1. The molecule has 2 unspecified atom stereocenters. The van der Waals surface area contributed by atoms with Crippen LogP contribution in [0.4, 0.5) is 10.5 Å². The minimum atomic E-state index is -1.31. The number of thiol groups is 1. The molecule has 0 saturated carbocycles. The van der Waals surface area contributed by atoms with Crippen LogP contribution in [-0.4, -0.2) is 63.6 Å². The normalized spacial score (nSPS) is 12.9.